The third-order valence-electron chi connectivity index (χ3n) is 5.06. The normalized spacial score (nSPS) is 18.7. The first-order valence-corrected chi connectivity index (χ1v) is 8.76. The van der Waals surface area contributed by atoms with Gasteiger partial charge in [0, 0.05) is 11.8 Å². The van der Waals surface area contributed by atoms with Crippen molar-refractivity contribution in [3.63, 3.8) is 0 Å². The minimum absolute atomic E-state index is 0.168. The summed E-state index contributed by atoms with van der Waals surface area (Å²) in [5.41, 5.74) is -1.58. The van der Waals surface area contributed by atoms with Gasteiger partial charge >= 0.3 is 7.12 Å². The molecule has 1 aliphatic rings. The number of hydrogen-bond donors (Lipinski definition) is 0. The Hall–Kier alpha value is -2.25. The van der Waals surface area contributed by atoms with Gasteiger partial charge in [0.15, 0.2) is 0 Å². The molecule has 0 radical (unpaired) electrons. The van der Waals surface area contributed by atoms with Crippen molar-refractivity contribution in [2.45, 2.75) is 45.4 Å². The molecule has 0 saturated carbocycles. The number of aromatic nitrogens is 1. The van der Waals surface area contributed by atoms with E-state index in [-0.39, 0.29) is 23.5 Å². The standard InChI is InChI=1S/C20H22BF2NO3/c1-19(2)20(3,4)27-21(26-19)17(23)12-15-8-6-10-24(18(15)25)13-14-7-5-9-16(22)11-14/h5-12H,13H2,1-4H3. The highest BCUT2D eigenvalue weighted by Gasteiger charge is 2.53. The van der Waals surface area contributed by atoms with Gasteiger partial charge in [0.1, 0.15) is 11.5 Å². The molecule has 1 saturated heterocycles. The molecule has 0 atom stereocenters. The van der Waals surface area contributed by atoms with Gasteiger partial charge in [0.25, 0.3) is 5.56 Å². The number of nitrogens with zero attached hydrogens (tertiary/aromatic N) is 1. The second-order valence-electron chi connectivity index (χ2n) is 7.64. The highest BCUT2D eigenvalue weighted by molar-refractivity contribution is 6.54. The quantitative estimate of drug-likeness (QED) is 0.762. The summed E-state index contributed by atoms with van der Waals surface area (Å²) in [6, 6.07) is 9.17. The number of benzene rings is 1. The molecule has 27 heavy (non-hydrogen) atoms. The van der Waals surface area contributed by atoms with E-state index in [0.717, 1.165) is 6.08 Å². The Morgan fingerprint density at radius 2 is 1.81 bits per heavy atom. The van der Waals surface area contributed by atoms with Crippen LogP contribution in [0.4, 0.5) is 8.78 Å². The first kappa shape index (κ1) is 19.5. The summed E-state index contributed by atoms with van der Waals surface area (Å²) in [6.07, 6.45) is 2.71. The molecular formula is C20H22BF2NO3. The van der Waals surface area contributed by atoms with Crippen LogP contribution in [0.5, 0.6) is 0 Å². The zero-order valence-electron chi connectivity index (χ0n) is 15.8. The van der Waals surface area contributed by atoms with E-state index >= 15 is 0 Å². The molecule has 0 aliphatic carbocycles. The lowest BCUT2D eigenvalue weighted by Gasteiger charge is -2.32. The summed E-state index contributed by atoms with van der Waals surface area (Å²) in [7, 11) is -1.16. The number of halogens is 2. The molecule has 2 aromatic rings. The second-order valence-corrected chi connectivity index (χ2v) is 7.64. The number of rotatable bonds is 4. The van der Waals surface area contributed by atoms with E-state index in [2.05, 4.69) is 0 Å². The molecule has 0 N–H and O–H groups in total. The van der Waals surface area contributed by atoms with Crippen LogP contribution in [0, 0.1) is 5.82 Å². The topological polar surface area (TPSA) is 40.5 Å². The molecule has 0 unspecified atom stereocenters. The van der Waals surface area contributed by atoms with Gasteiger partial charge in [-0.05, 0) is 63.6 Å². The summed E-state index contributed by atoms with van der Waals surface area (Å²) in [4.78, 5) is 12.6. The smallest absolute Gasteiger partial charge is 0.398 e. The van der Waals surface area contributed by atoms with Crippen LogP contribution in [-0.4, -0.2) is 22.9 Å². The Kier molecular flexibility index (Phi) is 5.10. The SMILES string of the molecule is CC1(C)OB(C(F)=Cc2cccn(Cc3cccc(F)c3)c2=O)OC1(C)C. The third-order valence-corrected chi connectivity index (χ3v) is 5.06. The average molecular weight is 373 g/mol. The van der Waals surface area contributed by atoms with Gasteiger partial charge in [-0.3, -0.25) is 4.79 Å². The highest BCUT2D eigenvalue weighted by atomic mass is 19.1. The maximum absolute atomic E-state index is 14.7. The third kappa shape index (κ3) is 4.04. The Morgan fingerprint density at radius 3 is 2.44 bits per heavy atom. The lowest BCUT2D eigenvalue weighted by molar-refractivity contribution is 0.00578. The van der Waals surface area contributed by atoms with E-state index in [1.165, 1.54) is 22.8 Å². The molecule has 3 rings (SSSR count). The molecule has 1 aromatic heterocycles. The molecule has 0 bridgehead atoms. The summed E-state index contributed by atoms with van der Waals surface area (Å²) in [5, 5.41) is 0. The monoisotopic (exact) mass is 373 g/mol. The van der Waals surface area contributed by atoms with Crippen LogP contribution in [-0.2, 0) is 15.9 Å². The van der Waals surface area contributed by atoms with Gasteiger partial charge in [0.2, 0.25) is 0 Å². The maximum atomic E-state index is 14.7. The Bertz CT molecular complexity index is 921. The largest absolute Gasteiger partial charge is 0.525 e. The van der Waals surface area contributed by atoms with Crippen molar-refractivity contribution in [2.75, 3.05) is 0 Å². The van der Waals surface area contributed by atoms with E-state index in [1.54, 1.807) is 24.4 Å². The molecule has 7 heteroatoms. The summed E-state index contributed by atoms with van der Waals surface area (Å²) in [6.45, 7) is 7.50. The molecule has 0 amide bonds. The van der Waals surface area contributed by atoms with E-state index in [4.69, 9.17) is 9.31 Å². The van der Waals surface area contributed by atoms with Crippen LogP contribution in [0.3, 0.4) is 0 Å². The van der Waals surface area contributed by atoms with Crippen molar-refractivity contribution in [2.24, 2.45) is 0 Å². The lowest BCUT2D eigenvalue weighted by atomic mass is 9.87. The number of hydrogen-bond acceptors (Lipinski definition) is 3. The Balaban J connectivity index is 1.86. The van der Waals surface area contributed by atoms with Crippen molar-refractivity contribution in [3.05, 3.63) is 75.6 Å². The summed E-state index contributed by atoms with van der Waals surface area (Å²) < 4.78 is 40.8. The fourth-order valence-corrected chi connectivity index (χ4v) is 2.79. The zero-order valence-corrected chi connectivity index (χ0v) is 15.8. The van der Waals surface area contributed by atoms with Crippen LogP contribution in [0.15, 0.2) is 53.1 Å². The fraction of sp³-hybridized carbons (Fsp3) is 0.350. The van der Waals surface area contributed by atoms with Gasteiger partial charge in [-0.25, -0.2) is 8.78 Å². The molecule has 142 valence electrons. The van der Waals surface area contributed by atoms with Crippen molar-refractivity contribution in [1.29, 1.82) is 0 Å². The van der Waals surface area contributed by atoms with Crippen LogP contribution >= 0.6 is 0 Å². The average Bonchev–Trinajstić information content (AvgIpc) is 2.79. The summed E-state index contributed by atoms with van der Waals surface area (Å²) >= 11 is 0. The van der Waals surface area contributed by atoms with Crippen molar-refractivity contribution in [3.8, 4) is 0 Å². The van der Waals surface area contributed by atoms with Gasteiger partial charge in [-0.1, -0.05) is 12.1 Å². The van der Waals surface area contributed by atoms with Crippen LogP contribution in [0.25, 0.3) is 6.08 Å². The second kappa shape index (κ2) is 7.05. The molecular weight excluding hydrogens is 351 g/mol. The maximum Gasteiger partial charge on any atom is 0.525 e. The molecule has 1 aliphatic heterocycles. The van der Waals surface area contributed by atoms with Crippen LogP contribution in [0.2, 0.25) is 0 Å². The molecule has 0 spiro atoms. The van der Waals surface area contributed by atoms with Crippen molar-refractivity contribution < 1.29 is 18.1 Å². The van der Waals surface area contributed by atoms with E-state index in [9.17, 15) is 13.6 Å². The van der Waals surface area contributed by atoms with Crippen molar-refractivity contribution >= 4 is 13.2 Å². The molecule has 2 heterocycles. The van der Waals surface area contributed by atoms with Gasteiger partial charge in [-0.15, -0.1) is 0 Å². The van der Waals surface area contributed by atoms with E-state index in [1.807, 2.05) is 27.7 Å². The minimum atomic E-state index is -1.16. The van der Waals surface area contributed by atoms with Crippen molar-refractivity contribution in [1.82, 2.24) is 4.57 Å². The van der Waals surface area contributed by atoms with E-state index < -0.39 is 24.0 Å². The van der Waals surface area contributed by atoms with E-state index in [0.29, 0.717) is 5.56 Å². The minimum Gasteiger partial charge on any atom is -0.398 e. The van der Waals surface area contributed by atoms with Gasteiger partial charge < -0.3 is 13.9 Å². The van der Waals surface area contributed by atoms with Crippen LogP contribution < -0.4 is 5.56 Å². The number of pyridine rings is 1. The van der Waals surface area contributed by atoms with Gasteiger partial charge in [0.05, 0.1) is 17.7 Å². The summed E-state index contributed by atoms with van der Waals surface area (Å²) in [5.74, 6) is -0.372. The Labute approximate surface area is 157 Å². The van der Waals surface area contributed by atoms with Gasteiger partial charge in [-0.2, -0.15) is 0 Å². The zero-order chi connectivity index (χ0) is 19.8. The highest BCUT2D eigenvalue weighted by Crippen LogP contribution is 2.38. The molecule has 1 fully saturated rings. The van der Waals surface area contributed by atoms with Crippen LogP contribution in [0.1, 0.15) is 38.8 Å². The fourth-order valence-electron chi connectivity index (χ4n) is 2.79. The predicted octanol–water partition coefficient (Wildman–Crippen LogP) is 3.98. The molecule has 1 aromatic carbocycles. The Morgan fingerprint density at radius 1 is 1.15 bits per heavy atom. The first-order chi connectivity index (χ1) is 12.6. The molecule has 4 nitrogen and oxygen atoms in total. The predicted molar refractivity (Wildman–Crippen MR) is 101 cm³/mol. The first-order valence-electron chi connectivity index (χ1n) is 8.76. The lowest BCUT2D eigenvalue weighted by Crippen LogP contribution is -2.41.